The standard InChI is InChI=1S/C19H17FN2O2/c1-13-17(20)19(24)22(12-11-14-7-3-2-4-8-14)18(21-13)15-9-5-6-10-16(15)23/h2-10,23H,11-12H2,1H3. The Morgan fingerprint density at radius 1 is 1.08 bits per heavy atom. The average molecular weight is 324 g/mol. The van der Waals surface area contributed by atoms with Crippen LogP contribution in [0.5, 0.6) is 5.75 Å². The summed E-state index contributed by atoms with van der Waals surface area (Å²) in [6.07, 6.45) is 0.561. The van der Waals surface area contributed by atoms with Crippen molar-refractivity contribution in [2.45, 2.75) is 19.9 Å². The van der Waals surface area contributed by atoms with Crippen LogP contribution in [-0.2, 0) is 13.0 Å². The van der Waals surface area contributed by atoms with Gasteiger partial charge in [-0.25, -0.2) is 4.98 Å². The summed E-state index contributed by atoms with van der Waals surface area (Å²) in [4.78, 5) is 16.6. The quantitative estimate of drug-likeness (QED) is 0.801. The molecule has 24 heavy (non-hydrogen) atoms. The first-order valence-electron chi connectivity index (χ1n) is 7.67. The Morgan fingerprint density at radius 2 is 1.75 bits per heavy atom. The fourth-order valence-corrected chi connectivity index (χ4v) is 2.60. The van der Waals surface area contributed by atoms with Crippen LogP contribution in [0.2, 0.25) is 0 Å². The molecule has 3 rings (SSSR count). The van der Waals surface area contributed by atoms with Crippen molar-refractivity contribution in [3.63, 3.8) is 0 Å². The molecule has 5 heteroatoms. The van der Waals surface area contributed by atoms with Gasteiger partial charge in [0.1, 0.15) is 11.6 Å². The number of rotatable bonds is 4. The molecule has 0 amide bonds. The summed E-state index contributed by atoms with van der Waals surface area (Å²) < 4.78 is 15.3. The number of halogens is 1. The lowest BCUT2D eigenvalue weighted by Gasteiger charge is -2.14. The first kappa shape index (κ1) is 15.9. The Morgan fingerprint density at radius 3 is 2.46 bits per heavy atom. The van der Waals surface area contributed by atoms with E-state index in [-0.39, 0.29) is 23.8 Å². The van der Waals surface area contributed by atoms with Crippen molar-refractivity contribution >= 4 is 0 Å². The zero-order chi connectivity index (χ0) is 17.1. The lowest BCUT2D eigenvalue weighted by atomic mass is 10.1. The summed E-state index contributed by atoms with van der Waals surface area (Å²) in [5, 5.41) is 10.1. The second-order valence-corrected chi connectivity index (χ2v) is 5.54. The van der Waals surface area contributed by atoms with E-state index >= 15 is 0 Å². The summed E-state index contributed by atoms with van der Waals surface area (Å²) >= 11 is 0. The zero-order valence-corrected chi connectivity index (χ0v) is 13.2. The van der Waals surface area contributed by atoms with E-state index in [0.717, 1.165) is 5.56 Å². The second-order valence-electron chi connectivity index (χ2n) is 5.54. The van der Waals surface area contributed by atoms with Crippen LogP contribution < -0.4 is 5.56 Å². The maximum absolute atomic E-state index is 14.1. The Bertz CT molecular complexity index is 920. The molecular weight excluding hydrogens is 307 g/mol. The van der Waals surface area contributed by atoms with E-state index in [1.165, 1.54) is 17.6 Å². The number of benzene rings is 2. The normalized spacial score (nSPS) is 10.8. The van der Waals surface area contributed by atoms with Crippen molar-refractivity contribution in [3.8, 4) is 17.1 Å². The number of hydrogen-bond acceptors (Lipinski definition) is 3. The van der Waals surface area contributed by atoms with Gasteiger partial charge >= 0.3 is 0 Å². The Labute approximate surface area is 138 Å². The molecule has 1 aromatic heterocycles. The van der Waals surface area contributed by atoms with Gasteiger partial charge in [0.25, 0.3) is 5.56 Å². The van der Waals surface area contributed by atoms with Crippen LogP contribution in [0, 0.1) is 12.7 Å². The summed E-state index contributed by atoms with van der Waals surface area (Å²) in [5.41, 5.74) is 0.741. The minimum Gasteiger partial charge on any atom is -0.507 e. The van der Waals surface area contributed by atoms with Gasteiger partial charge in [-0.05, 0) is 31.0 Å². The Hall–Kier alpha value is -2.95. The van der Waals surface area contributed by atoms with E-state index in [0.29, 0.717) is 12.0 Å². The van der Waals surface area contributed by atoms with Crippen LogP contribution in [0.4, 0.5) is 4.39 Å². The molecule has 1 heterocycles. The zero-order valence-electron chi connectivity index (χ0n) is 13.2. The fourth-order valence-electron chi connectivity index (χ4n) is 2.60. The molecule has 0 aliphatic rings. The summed E-state index contributed by atoms with van der Waals surface area (Å²) in [5.74, 6) is -0.584. The molecule has 0 atom stereocenters. The highest BCUT2D eigenvalue weighted by Crippen LogP contribution is 2.27. The highest BCUT2D eigenvalue weighted by molar-refractivity contribution is 5.63. The molecule has 2 aromatic carbocycles. The number of phenolic OH excluding ortho intramolecular Hbond substituents is 1. The van der Waals surface area contributed by atoms with Gasteiger partial charge in [-0.2, -0.15) is 4.39 Å². The van der Waals surface area contributed by atoms with Crippen molar-refractivity contribution in [3.05, 3.63) is 82.0 Å². The molecule has 4 nitrogen and oxygen atoms in total. The summed E-state index contributed by atoms with van der Waals surface area (Å²) in [7, 11) is 0. The second kappa shape index (κ2) is 6.66. The fraction of sp³-hybridized carbons (Fsp3) is 0.158. The van der Waals surface area contributed by atoms with Crippen LogP contribution in [0.25, 0.3) is 11.4 Å². The number of nitrogens with zero attached hydrogens (tertiary/aromatic N) is 2. The molecule has 0 unspecified atom stereocenters. The van der Waals surface area contributed by atoms with E-state index in [2.05, 4.69) is 4.98 Å². The van der Waals surface area contributed by atoms with E-state index < -0.39 is 11.4 Å². The molecule has 0 spiro atoms. The molecule has 3 aromatic rings. The number of para-hydroxylation sites is 1. The van der Waals surface area contributed by atoms with Crippen molar-refractivity contribution in [2.75, 3.05) is 0 Å². The van der Waals surface area contributed by atoms with Gasteiger partial charge in [-0.3, -0.25) is 9.36 Å². The molecule has 0 aliphatic carbocycles. The van der Waals surface area contributed by atoms with Gasteiger partial charge in [0.2, 0.25) is 5.82 Å². The van der Waals surface area contributed by atoms with E-state index in [9.17, 15) is 14.3 Å². The summed E-state index contributed by atoms with van der Waals surface area (Å²) in [6.45, 7) is 1.72. The predicted molar refractivity (Wildman–Crippen MR) is 90.4 cm³/mol. The largest absolute Gasteiger partial charge is 0.507 e. The third kappa shape index (κ3) is 3.06. The van der Waals surface area contributed by atoms with Gasteiger partial charge < -0.3 is 5.11 Å². The van der Waals surface area contributed by atoms with Gasteiger partial charge in [0.15, 0.2) is 0 Å². The molecule has 0 aliphatic heterocycles. The highest BCUT2D eigenvalue weighted by Gasteiger charge is 2.17. The maximum atomic E-state index is 14.1. The molecule has 0 radical (unpaired) electrons. The van der Waals surface area contributed by atoms with Gasteiger partial charge in [0, 0.05) is 6.54 Å². The average Bonchev–Trinajstić information content (AvgIpc) is 2.60. The van der Waals surface area contributed by atoms with Gasteiger partial charge in [-0.15, -0.1) is 0 Å². The first-order valence-corrected chi connectivity index (χ1v) is 7.67. The van der Waals surface area contributed by atoms with Crippen molar-refractivity contribution in [1.29, 1.82) is 0 Å². The molecule has 0 saturated heterocycles. The van der Waals surface area contributed by atoms with E-state index in [1.807, 2.05) is 30.3 Å². The lowest BCUT2D eigenvalue weighted by Crippen LogP contribution is -2.28. The molecular formula is C19H17FN2O2. The topological polar surface area (TPSA) is 55.1 Å². The first-order chi connectivity index (χ1) is 11.6. The van der Waals surface area contributed by atoms with Gasteiger partial charge in [0.05, 0.1) is 11.3 Å². The smallest absolute Gasteiger partial charge is 0.290 e. The van der Waals surface area contributed by atoms with Crippen molar-refractivity contribution in [2.24, 2.45) is 0 Å². The minimum atomic E-state index is -0.859. The molecule has 0 fully saturated rings. The highest BCUT2D eigenvalue weighted by atomic mass is 19.1. The minimum absolute atomic E-state index is 0.00358. The van der Waals surface area contributed by atoms with Crippen LogP contribution in [0.15, 0.2) is 59.4 Å². The molecule has 0 bridgehead atoms. The molecule has 0 saturated carbocycles. The summed E-state index contributed by atoms with van der Waals surface area (Å²) in [6, 6.07) is 16.2. The van der Waals surface area contributed by atoms with Crippen molar-refractivity contribution in [1.82, 2.24) is 9.55 Å². The van der Waals surface area contributed by atoms with Crippen molar-refractivity contribution < 1.29 is 9.50 Å². The van der Waals surface area contributed by atoms with Crippen LogP contribution >= 0.6 is 0 Å². The van der Waals surface area contributed by atoms with Crippen LogP contribution in [0.1, 0.15) is 11.3 Å². The third-order valence-electron chi connectivity index (χ3n) is 3.89. The molecule has 1 N–H and O–H groups in total. The third-order valence-corrected chi connectivity index (χ3v) is 3.89. The lowest BCUT2D eigenvalue weighted by molar-refractivity contribution is 0.475. The number of aromatic hydroxyl groups is 1. The Balaban J connectivity index is 2.08. The predicted octanol–water partition coefficient (Wildman–Crippen LogP) is 3.31. The van der Waals surface area contributed by atoms with Crippen LogP contribution in [0.3, 0.4) is 0 Å². The van der Waals surface area contributed by atoms with Gasteiger partial charge in [-0.1, -0.05) is 42.5 Å². The SMILES string of the molecule is Cc1nc(-c2ccccc2O)n(CCc2ccccc2)c(=O)c1F. The monoisotopic (exact) mass is 324 g/mol. The maximum Gasteiger partial charge on any atom is 0.290 e. The number of aryl methyl sites for hydroxylation is 2. The van der Waals surface area contributed by atoms with Crippen LogP contribution in [-0.4, -0.2) is 14.7 Å². The number of aromatic nitrogens is 2. The van der Waals surface area contributed by atoms with E-state index in [1.54, 1.807) is 18.2 Å². The van der Waals surface area contributed by atoms with E-state index in [4.69, 9.17) is 0 Å². The Kier molecular flexibility index (Phi) is 4.42. The number of hydrogen-bond donors (Lipinski definition) is 1. The molecule has 122 valence electrons. The number of phenols is 1.